The molecule has 0 atom stereocenters. The van der Waals surface area contributed by atoms with E-state index in [0.717, 1.165) is 6.42 Å². The maximum atomic E-state index is 11.1. The standard InChI is InChI=1S/C10H20N2O2/c1-11(2)9(13)14-8-7-10(5-6-10)12(3)4/h5-8H2,1-4H3. The van der Waals surface area contributed by atoms with Gasteiger partial charge in [-0.1, -0.05) is 0 Å². The number of rotatable bonds is 4. The smallest absolute Gasteiger partial charge is 0.409 e. The summed E-state index contributed by atoms with van der Waals surface area (Å²) in [5.41, 5.74) is 0.312. The molecule has 0 aromatic heterocycles. The molecule has 0 unspecified atom stereocenters. The molecular formula is C10H20N2O2. The van der Waals surface area contributed by atoms with Crippen molar-refractivity contribution >= 4 is 6.09 Å². The van der Waals surface area contributed by atoms with E-state index < -0.39 is 0 Å². The van der Waals surface area contributed by atoms with Crippen LogP contribution in [0.25, 0.3) is 0 Å². The van der Waals surface area contributed by atoms with E-state index in [9.17, 15) is 4.79 Å². The van der Waals surface area contributed by atoms with Crippen molar-refractivity contribution in [3.63, 3.8) is 0 Å². The first-order valence-corrected chi connectivity index (χ1v) is 4.99. The van der Waals surface area contributed by atoms with Crippen LogP contribution in [0.5, 0.6) is 0 Å². The van der Waals surface area contributed by atoms with Crippen LogP contribution in [0.3, 0.4) is 0 Å². The Morgan fingerprint density at radius 3 is 2.21 bits per heavy atom. The number of hydrogen-bond acceptors (Lipinski definition) is 3. The third kappa shape index (κ3) is 2.61. The maximum Gasteiger partial charge on any atom is 0.409 e. The second kappa shape index (κ2) is 4.17. The number of nitrogens with zero attached hydrogens (tertiary/aromatic N) is 2. The molecule has 1 fully saturated rings. The van der Waals surface area contributed by atoms with Crippen LogP contribution < -0.4 is 0 Å². The van der Waals surface area contributed by atoms with Crippen molar-refractivity contribution in [3.8, 4) is 0 Å². The quantitative estimate of drug-likeness (QED) is 0.683. The highest BCUT2D eigenvalue weighted by Gasteiger charge is 2.44. The van der Waals surface area contributed by atoms with Gasteiger partial charge >= 0.3 is 6.09 Å². The van der Waals surface area contributed by atoms with Crippen molar-refractivity contribution in [2.45, 2.75) is 24.8 Å². The third-order valence-corrected chi connectivity index (χ3v) is 2.93. The number of carbonyl (C=O) groups is 1. The van der Waals surface area contributed by atoms with E-state index in [1.54, 1.807) is 14.1 Å². The lowest BCUT2D eigenvalue weighted by atomic mass is 10.2. The summed E-state index contributed by atoms with van der Waals surface area (Å²) in [7, 11) is 7.56. The summed E-state index contributed by atoms with van der Waals surface area (Å²) in [6.07, 6.45) is 3.14. The Hall–Kier alpha value is -0.770. The maximum absolute atomic E-state index is 11.1. The van der Waals surface area contributed by atoms with Gasteiger partial charge in [-0.25, -0.2) is 4.79 Å². The van der Waals surface area contributed by atoms with Gasteiger partial charge in [-0.2, -0.15) is 0 Å². The second-order valence-corrected chi connectivity index (χ2v) is 4.38. The summed E-state index contributed by atoms with van der Waals surface area (Å²) in [5.74, 6) is 0. The average molecular weight is 200 g/mol. The molecule has 1 amide bonds. The molecule has 0 aromatic carbocycles. The van der Waals surface area contributed by atoms with Crippen molar-refractivity contribution in [3.05, 3.63) is 0 Å². The lowest BCUT2D eigenvalue weighted by molar-refractivity contribution is 0.104. The van der Waals surface area contributed by atoms with E-state index in [0.29, 0.717) is 12.1 Å². The fourth-order valence-electron chi connectivity index (χ4n) is 1.52. The molecule has 0 radical (unpaired) electrons. The van der Waals surface area contributed by atoms with Gasteiger partial charge in [0.2, 0.25) is 0 Å². The zero-order chi connectivity index (χ0) is 10.8. The molecule has 1 rings (SSSR count). The van der Waals surface area contributed by atoms with Gasteiger partial charge in [0.05, 0.1) is 6.61 Å². The third-order valence-electron chi connectivity index (χ3n) is 2.93. The molecule has 4 heteroatoms. The Bertz CT molecular complexity index is 210. The lowest BCUT2D eigenvalue weighted by Crippen LogP contribution is -2.32. The Balaban J connectivity index is 2.19. The van der Waals surface area contributed by atoms with Crippen LogP contribution in [0.15, 0.2) is 0 Å². The van der Waals surface area contributed by atoms with Crippen LogP contribution in [0, 0.1) is 0 Å². The van der Waals surface area contributed by atoms with Gasteiger partial charge in [-0.05, 0) is 26.9 Å². The van der Waals surface area contributed by atoms with Gasteiger partial charge in [0.15, 0.2) is 0 Å². The summed E-state index contributed by atoms with van der Waals surface area (Å²) < 4.78 is 5.09. The second-order valence-electron chi connectivity index (χ2n) is 4.38. The lowest BCUT2D eigenvalue weighted by Gasteiger charge is -2.23. The van der Waals surface area contributed by atoms with Gasteiger partial charge in [0, 0.05) is 26.1 Å². The van der Waals surface area contributed by atoms with Gasteiger partial charge < -0.3 is 14.5 Å². The summed E-state index contributed by atoms with van der Waals surface area (Å²) in [6, 6.07) is 0. The van der Waals surface area contributed by atoms with E-state index >= 15 is 0 Å². The first-order valence-electron chi connectivity index (χ1n) is 4.99. The molecule has 0 aliphatic heterocycles. The number of hydrogen-bond donors (Lipinski definition) is 0. The highest BCUT2D eigenvalue weighted by atomic mass is 16.6. The molecule has 0 spiro atoms. The number of amides is 1. The van der Waals surface area contributed by atoms with Gasteiger partial charge in [-0.15, -0.1) is 0 Å². The minimum Gasteiger partial charge on any atom is -0.449 e. The molecule has 0 saturated heterocycles. The number of carbonyl (C=O) groups excluding carboxylic acids is 1. The van der Waals surface area contributed by atoms with Crippen LogP contribution in [-0.4, -0.2) is 56.2 Å². The summed E-state index contributed by atoms with van der Waals surface area (Å²) >= 11 is 0. The van der Waals surface area contributed by atoms with E-state index in [1.165, 1.54) is 17.7 Å². The SMILES string of the molecule is CN(C)C(=O)OCCC1(N(C)C)CC1. The summed E-state index contributed by atoms with van der Waals surface area (Å²) in [5, 5.41) is 0. The Kier molecular flexibility index (Phi) is 3.37. The highest BCUT2D eigenvalue weighted by Crippen LogP contribution is 2.42. The molecule has 0 N–H and O–H groups in total. The van der Waals surface area contributed by atoms with Crippen LogP contribution in [0.1, 0.15) is 19.3 Å². The van der Waals surface area contributed by atoms with E-state index in [-0.39, 0.29) is 6.09 Å². The monoisotopic (exact) mass is 200 g/mol. The van der Waals surface area contributed by atoms with Crippen LogP contribution in [0.2, 0.25) is 0 Å². The van der Waals surface area contributed by atoms with Gasteiger partial charge in [-0.3, -0.25) is 0 Å². The van der Waals surface area contributed by atoms with Gasteiger partial charge in [0.1, 0.15) is 0 Å². The first kappa shape index (κ1) is 11.3. The zero-order valence-corrected chi connectivity index (χ0v) is 9.54. The molecule has 82 valence electrons. The Morgan fingerprint density at radius 1 is 1.29 bits per heavy atom. The Morgan fingerprint density at radius 2 is 1.86 bits per heavy atom. The van der Waals surface area contributed by atoms with Crippen molar-refractivity contribution in [1.29, 1.82) is 0 Å². The molecule has 14 heavy (non-hydrogen) atoms. The predicted octanol–water partition coefficient (Wildman–Crippen LogP) is 1.17. The average Bonchev–Trinajstić information content (AvgIpc) is 2.85. The van der Waals surface area contributed by atoms with Crippen LogP contribution >= 0.6 is 0 Å². The highest BCUT2D eigenvalue weighted by molar-refractivity contribution is 5.66. The normalized spacial score (nSPS) is 18.1. The van der Waals surface area contributed by atoms with Gasteiger partial charge in [0.25, 0.3) is 0 Å². The first-order chi connectivity index (χ1) is 6.48. The molecule has 0 bridgehead atoms. The molecule has 4 nitrogen and oxygen atoms in total. The largest absolute Gasteiger partial charge is 0.449 e. The molecule has 1 aliphatic carbocycles. The zero-order valence-electron chi connectivity index (χ0n) is 9.54. The van der Waals surface area contributed by atoms with E-state index in [2.05, 4.69) is 19.0 Å². The van der Waals surface area contributed by atoms with E-state index in [1.807, 2.05) is 0 Å². The molecule has 1 aliphatic rings. The van der Waals surface area contributed by atoms with Crippen molar-refractivity contribution in [2.24, 2.45) is 0 Å². The van der Waals surface area contributed by atoms with E-state index in [4.69, 9.17) is 4.74 Å². The predicted molar refractivity (Wildman–Crippen MR) is 55.3 cm³/mol. The van der Waals surface area contributed by atoms with Crippen LogP contribution in [-0.2, 0) is 4.74 Å². The summed E-state index contributed by atoms with van der Waals surface area (Å²) in [6.45, 7) is 0.523. The molecular weight excluding hydrogens is 180 g/mol. The minimum absolute atomic E-state index is 0.250. The molecule has 0 heterocycles. The molecule has 0 aromatic rings. The van der Waals surface area contributed by atoms with Crippen molar-refractivity contribution in [2.75, 3.05) is 34.8 Å². The minimum atomic E-state index is -0.250. The number of ether oxygens (including phenoxy) is 1. The van der Waals surface area contributed by atoms with Crippen molar-refractivity contribution in [1.82, 2.24) is 9.80 Å². The topological polar surface area (TPSA) is 32.8 Å². The molecule has 1 saturated carbocycles. The van der Waals surface area contributed by atoms with Crippen LogP contribution in [0.4, 0.5) is 4.79 Å². The summed E-state index contributed by atoms with van der Waals surface area (Å²) in [4.78, 5) is 14.8. The fourth-order valence-corrected chi connectivity index (χ4v) is 1.52. The van der Waals surface area contributed by atoms with Crippen molar-refractivity contribution < 1.29 is 9.53 Å². The Labute approximate surface area is 85.8 Å². The fraction of sp³-hybridized carbons (Fsp3) is 0.900.